The Hall–Kier alpha value is -1.24. The van der Waals surface area contributed by atoms with E-state index in [-0.39, 0.29) is 24.0 Å². The molecule has 0 aliphatic carbocycles. The van der Waals surface area contributed by atoms with Crippen LogP contribution in [0.25, 0.3) is 0 Å². The Morgan fingerprint density at radius 1 is 1.47 bits per heavy atom. The molecular formula is C14H22IN3O. The highest BCUT2D eigenvalue weighted by Gasteiger charge is 2.02. The number of ether oxygens (including phenoxy) is 1. The molecule has 0 aliphatic heterocycles. The first kappa shape index (κ1) is 17.8. The number of aliphatic imine (C=N–C) groups is 1. The molecule has 1 aromatic rings. The molecule has 1 rings (SSSR count). The molecule has 0 bridgehead atoms. The summed E-state index contributed by atoms with van der Waals surface area (Å²) in [6.45, 7) is 8.89. The van der Waals surface area contributed by atoms with E-state index in [1.54, 1.807) is 7.11 Å². The predicted octanol–water partition coefficient (Wildman–Crippen LogP) is 2.60. The molecule has 0 amide bonds. The van der Waals surface area contributed by atoms with Gasteiger partial charge in [-0.1, -0.05) is 24.3 Å². The largest absolute Gasteiger partial charge is 0.496 e. The van der Waals surface area contributed by atoms with Crippen molar-refractivity contribution in [2.45, 2.75) is 20.4 Å². The normalized spacial score (nSPS) is 10.6. The Morgan fingerprint density at radius 2 is 2.16 bits per heavy atom. The van der Waals surface area contributed by atoms with Crippen LogP contribution < -0.4 is 15.8 Å². The van der Waals surface area contributed by atoms with E-state index in [0.717, 1.165) is 22.4 Å². The van der Waals surface area contributed by atoms with E-state index in [1.165, 1.54) is 0 Å². The lowest BCUT2D eigenvalue weighted by molar-refractivity contribution is 0.409. The van der Waals surface area contributed by atoms with Crippen LogP contribution in [0, 0.1) is 6.92 Å². The van der Waals surface area contributed by atoms with E-state index in [2.05, 4.69) is 16.9 Å². The second kappa shape index (κ2) is 8.79. The van der Waals surface area contributed by atoms with Gasteiger partial charge in [0.15, 0.2) is 5.96 Å². The monoisotopic (exact) mass is 375 g/mol. The summed E-state index contributed by atoms with van der Waals surface area (Å²) in [7, 11) is 1.66. The molecule has 4 nitrogen and oxygen atoms in total. The molecule has 0 heterocycles. The summed E-state index contributed by atoms with van der Waals surface area (Å²) in [5.74, 6) is 1.26. The SMILES string of the molecule is C=C(C)CNC(N)=NCc1ccc(C)cc1OC.I. The zero-order valence-corrected chi connectivity index (χ0v) is 14.0. The number of hydrogen-bond donors (Lipinski definition) is 2. The average molecular weight is 375 g/mol. The lowest BCUT2D eigenvalue weighted by Crippen LogP contribution is -2.32. The molecule has 0 aromatic heterocycles. The van der Waals surface area contributed by atoms with E-state index in [4.69, 9.17) is 10.5 Å². The predicted molar refractivity (Wildman–Crippen MR) is 91.3 cm³/mol. The van der Waals surface area contributed by atoms with Crippen molar-refractivity contribution in [3.05, 3.63) is 41.5 Å². The van der Waals surface area contributed by atoms with Gasteiger partial charge in [-0.25, -0.2) is 4.99 Å². The molecule has 0 saturated heterocycles. The highest BCUT2D eigenvalue weighted by molar-refractivity contribution is 14.0. The maximum atomic E-state index is 5.75. The first-order chi connectivity index (χ1) is 8.52. The molecule has 0 unspecified atom stereocenters. The van der Waals surface area contributed by atoms with E-state index in [0.29, 0.717) is 19.0 Å². The van der Waals surface area contributed by atoms with Gasteiger partial charge in [0.2, 0.25) is 0 Å². The van der Waals surface area contributed by atoms with Gasteiger partial charge in [-0.15, -0.1) is 24.0 Å². The Labute approximate surface area is 132 Å². The number of aryl methyl sites for hydroxylation is 1. The minimum atomic E-state index is 0. The molecule has 0 fully saturated rings. The Morgan fingerprint density at radius 3 is 2.74 bits per heavy atom. The van der Waals surface area contributed by atoms with Crippen molar-refractivity contribution >= 4 is 29.9 Å². The number of guanidine groups is 1. The molecule has 5 heteroatoms. The molecule has 0 atom stereocenters. The fourth-order valence-electron chi connectivity index (χ4n) is 1.45. The third-order valence-electron chi connectivity index (χ3n) is 2.43. The number of benzene rings is 1. The van der Waals surface area contributed by atoms with Crippen LogP contribution in [0.15, 0.2) is 35.3 Å². The fourth-order valence-corrected chi connectivity index (χ4v) is 1.45. The van der Waals surface area contributed by atoms with Crippen molar-refractivity contribution in [2.24, 2.45) is 10.7 Å². The lowest BCUT2D eigenvalue weighted by atomic mass is 10.1. The van der Waals surface area contributed by atoms with Crippen LogP contribution in [0.5, 0.6) is 5.75 Å². The summed E-state index contributed by atoms with van der Waals surface area (Å²) in [6.07, 6.45) is 0. The summed E-state index contributed by atoms with van der Waals surface area (Å²) >= 11 is 0. The van der Waals surface area contributed by atoms with E-state index >= 15 is 0 Å². The van der Waals surface area contributed by atoms with Crippen molar-refractivity contribution in [3.63, 3.8) is 0 Å². The minimum absolute atomic E-state index is 0. The lowest BCUT2D eigenvalue weighted by Gasteiger charge is -2.08. The van der Waals surface area contributed by atoms with Gasteiger partial charge >= 0.3 is 0 Å². The van der Waals surface area contributed by atoms with E-state index in [9.17, 15) is 0 Å². The van der Waals surface area contributed by atoms with Crippen molar-refractivity contribution in [1.29, 1.82) is 0 Å². The van der Waals surface area contributed by atoms with Gasteiger partial charge in [-0.3, -0.25) is 0 Å². The summed E-state index contributed by atoms with van der Waals surface area (Å²) in [5, 5.41) is 2.99. The highest BCUT2D eigenvalue weighted by Crippen LogP contribution is 2.20. The van der Waals surface area contributed by atoms with Crippen LogP contribution >= 0.6 is 24.0 Å². The zero-order valence-electron chi connectivity index (χ0n) is 11.7. The molecule has 0 aliphatic rings. The zero-order chi connectivity index (χ0) is 13.5. The first-order valence-corrected chi connectivity index (χ1v) is 5.84. The third-order valence-corrected chi connectivity index (χ3v) is 2.43. The maximum Gasteiger partial charge on any atom is 0.189 e. The third kappa shape index (κ3) is 6.47. The molecule has 3 N–H and O–H groups in total. The van der Waals surface area contributed by atoms with Gasteiger partial charge in [0.25, 0.3) is 0 Å². The van der Waals surface area contributed by atoms with Crippen molar-refractivity contribution in [2.75, 3.05) is 13.7 Å². The van der Waals surface area contributed by atoms with E-state index in [1.807, 2.05) is 32.0 Å². The van der Waals surface area contributed by atoms with Crippen LogP contribution in [0.1, 0.15) is 18.1 Å². The van der Waals surface area contributed by atoms with Crippen LogP contribution in [-0.2, 0) is 6.54 Å². The average Bonchev–Trinajstić information content (AvgIpc) is 2.34. The summed E-state index contributed by atoms with van der Waals surface area (Å²) in [4.78, 5) is 4.27. The summed E-state index contributed by atoms with van der Waals surface area (Å²) in [6, 6.07) is 6.02. The van der Waals surface area contributed by atoms with Crippen LogP contribution in [0.2, 0.25) is 0 Å². The summed E-state index contributed by atoms with van der Waals surface area (Å²) in [5.41, 5.74) is 8.94. The number of hydrogen-bond acceptors (Lipinski definition) is 2. The quantitative estimate of drug-likeness (QED) is 0.360. The molecule has 19 heavy (non-hydrogen) atoms. The molecule has 1 aromatic carbocycles. The van der Waals surface area contributed by atoms with Gasteiger partial charge < -0.3 is 15.8 Å². The molecule has 0 radical (unpaired) electrons. The van der Waals surface area contributed by atoms with Gasteiger partial charge in [0.1, 0.15) is 5.75 Å². The van der Waals surface area contributed by atoms with Crippen LogP contribution in [0.4, 0.5) is 0 Å². The number of nitrogens with one attached hydrogen (secondary N) is 1. The molecular weight excluding hydrogens is 353 g/mol. The van der Waals surface area contributed by atoms with E-state index < -0.39 is 0 Å². The molecule has 0 spiro atoms. The Balaban J connectivity index is 0.00000324. The standard InChI is InChI=1S/C14H21N3O.HI/c1-10(2)8-16-14(15)17-9-12-6-5-11(3)7-13(12)18-4;/h5-7H,1,8-9H2,2-4H3,(H3,15,16,17);1H. The number of nitrogens with two attached hydrogens (primary N) is 1. The van der Waals surface area contributed by atoms with Gasteiger partial charge in [0.05, 0.1) is 13.7 Å². The maximum absolute atomic E-state index is 5.75. The van der Waals surface area contributed by atoms with Gasteiger partial charge in [-0.05, 0) is 25.5 Å². The van der Waals surface area contributed by atoms with Crippen molar-refractivity contribution < 1.29 is 4.74 Å². The fraction of sp³-hybridized carbons (Fsp3) is 0.357. The first-order valence-electron chi connectivity index (χ1n) is 5.84. The second-order valence-electron chi connectivity index (χ2n) is 4.33. The number of methoxy groups -OCH3 is 1. The topological polar surface area (TPSA) is 59.6 Å². The molecule has 0 saturated carbocycles. The Bertz CT molecular complexity index is 458. The molecule has 106 valence electrons. The van der Waals surface area contributed by atoms with Crippen molar-refractivity contribution in [1.82, 2.24) is 5.32 Å². The van der Waals surface area contributed by atoms with Crippen LogP contribution in [0.3, 0.4) is 0 Å². The highest BCUT2D eigenvalue weighted by atomic mass is 127. The van der Waals surface area contributed by atoms with Crippen LogP contribution in [-0.4, -0.2) is 19.6 Å². The van der Waals surface area contributed by atoms with Gasteiger partial charge in [-0.2, -0.15) is 0 Å². The minimum Gasteiger partial charge on any atom is -0.496 e. The number of nitrogens with zero attached hydrogens (tertiary/aromatic N) is 1. The smallest absolute Gasteiger partial charge is 0.189 e. The number of rotatable bonds is 5. The number of halogens is 1. The summed E-state index contributed by atoms with van der Waals surface area (Å²) < 4.78 is 5.31. The van der Waals surface area contributed by atoms with Crippen molar-refractivity contribution in [3.8, 4) is 5.75 Å². The second-order valence-corrected chi connectivity index (χ2v) is 4.33. The Kier molecular flexibility index (Phi) is 8.22. The van der Waals surface area contributed by atoms with Gasteiger partial charge in [0, 0.05) is 12.1 Å².